The molecule has 0 aromatic heterocycles. The van der Waals surface area contributed by atoms with E-state index in [9.17, 15) is 14.9 Å². The van der Waals surface area contributed by atoms with Gasteiger partial charge in [0.25, 0.3) is 11.6 Å². The van der Waals surface area contributed by atoms with Crippen molar-refractivity contribution in [1.29, 1.82) is 0 Å². The molecule has 1 aromatic carbocycles. The predicted molar refractivity (Wildman–Crippen MR) is 68.0 cm³/mol. The minimum Gasteiger partial charge on any atom is -0.493 e. The zero-order valence-electron chi connectivity index (χ0n) is 10.8. The van der Waals surface area contributed by atoms with Gasteiger partial charge in [-0.3, -0.25) is 14.9 Å². The minimum absolute atomic E-state index is 0.175. The summed E-state index contributed by atoms with van der Waals surface area (Å²) in [7, 11) is 1.36. The van der Waals surface area contributed by atoms with Gasteiger partial charge in [0.15, 0.2) is 11.5 Å². The zero-order valence-corrected chi connectivity index (χ0v) is 10.8. The van der Waals surface area contributed by atoms with Gasteiger partial charge in [-0.25, -0.2) is 0 Å². The van der Waals surface area contributed by atoms with Gasteiger partial charge >= 0.3 is 0 Å². The van der Waals surface area contributed by atoms with Crippen LogP contribution in [0.25, 0.3) is 0 Å². The predicted octanol–water partition coefficient (Wildman–Crippen LogP) is 0.870. The Labute approximate surface area is 114 Å². The number of ether oxygens (including phenoxy) is 3. The molecule has 20 heavy (non-hydrogen) atoms. The minimum atomic E-state index is -0.896. The first-order chi connectivity index (χ1) is 9.52. The molecule has 1 aliphatic heterocycles. The number of nitrogens with two attached hydrogens (primary N) is 1. The average molecular weight is 282 g/mol. The number of nitrogens with zero attached hydrogens (tertiary/aromatic N) is 1. The number of nitro groups is 1. The van der Waals surface area contributed by atoms with Crippen LogP contribution in [0.15, 0.2) is 12.1 Å². The molecule has 108 valence electrons. The second-order valence-electron chi connectivity index (χ2n) is 4.25. The molecule has 1 amide bonds. The quantitative estimate of drug-likeness (QED) is 0.633. The Balaban J connectivity index is 2.41. The number of carbonyl (C=O) groups excluding carboxylic acids is 1. The van der Waals surface area contributed by atoms with Crippen molar-refractivity contribution in [2.75, 3.05) is 20.3 Å². The van der Waals surface area contributed by atoms with Crippen LogP contribution in [-0.4, -0.2) is 37.3 Å². The summed E-state index contributed by atoms with van der Waals surface area (Å²) < 4.78 is 15.9. The molecule has 1 heterocycles. The average Bonchev–Trinajstić information content (AvgIpc) is 2.90. The standard InChI is InChI=1S/C12H14N2O6/c1-18-10-5-9(14(16)17)8(12(13)15)4-11(10)20-7-2-3-19-6-7/h4-5,7H,2-3,6H2,1H3,(H2,13,15). The summed E-state index contributed by atoms with van der Waals surface area (Å²) in [6, 6.07) is 2.36. The Morgan fingerprint density at radius 2 is 2.25 bits per heavy atom. The van der Waals surface area contributed by atoms with Gasteiger partial charge in [-0.05, 0) is 0 Å². The van der Waals surface area contributed by atoms with Crippen molar-refractivity contribution in [2.24, 2.45) is 5.73 Å². The molecule has 8 nitrogen and oxygen atoms in total. The molecule has 2 rings (SSSR count). The van der Waals surface area contributed by atoms with E-state index < -0.39 is 16.5 Å². The zero-order chi connectivity index (χ0) is 14.7. The SMILES string of the molecule is COc1cc([N+](=O)[O-])c(C(N)=O)cc1OC1CCOC1. The maximum atomic E-state index is 11.3. The molecule has 1 unspecified atom stereocenters. The maximum absolute atomic E-state index is 11.3. The van der Waals surface area contributed by atoms with E-state index in [-0.39, 0.29) is 23.2 Å². The Morgan fingerprint density at radius 3 is 2.75 bits per heavy atom. The lowest BCUT2D eigenvalue weighted by molar-refractivity contribution is -0.385. The molecular weight excluding hydrogens is 268 g/mol. The van der Waals surface area contributed by atoms with E-state index in [1.807, 2.05) is 0 Å². The normalized spacial score (nSPS) is 17.8. The Kier molecular flexibility index (Phi) is 4.04. The molecule has 2 N–H and O–H groups in total. The first kappa shape index (κ1) is 14.1. The molecule has 1 saturated heterocycles. The molecule has 1 aromatic rings. The van der Waals surface area contributed by atoms with Crippen LogP contribution in [0.4, 0.5) is 5.69 Å². The lowest BCUT2D eigenvalue weighted by Gasteiger charge is -2.15. The highest BCUT2D eigenvalue weighted by atomic mass is 16.6. The monoisotopic (exact) mass is 282 g/mol. The number of hydrogen-bond donors (Lipinski definition) is 1. The fourth-order valence-corrected chi connectivity index (χ4v) is 1.93. The number of primary amides is 1. The van der Waals surface area contributed by atoms with Crippen LogP contribution in [0.1, 0.15) is 16.8 Å². The summed E-state index contributed by atoms with van der Waals surface area (Å²) >= 11 is 0. The third-order valence-electron chi connectivity index (χ3n) is 2.93. The number of amides is 1. The van der Waals surface area contributed by atoms with Gasteiger partial charge < -0.3 is 19.9 Å². The van der Waals surface area contributed by atoms with E-state index in [0.29, 0.717) is 19.6 Å². The van der Waals surface area contributed by atoms with Crippen molar-refractivity contribution in [3.63, 3.8) is 0 Å². The number of carbonyl (C=O) groups is 1. The summed E-state index contributed by atoms with van der Waals surface area (Å²) in [4.78, 5) is 21.6. The number of nitro benzene ring substituents is 1. The van der Waals surface area contributed by atoms with Crippen molar-refractivity contribution in [3.8, 4) is 11.5 Å². The van der Waals surface area contributed by atoms with E-state index >= 15 is 0 Å². The third kappa shape index (κ3) is 2.80. The van der Waals surface area contributed by atoms with Crippen LogP contribution in [0.5, 0.6) is 11.5 Å². The van der Waals surface area contributed by atoms with Crippen LogP contribution < -0.4 is 15.2 Å². The number of rotatable bonds is 5. The van der Waals surface area contributed by atoms with Gasteiger partial charge in [0.2, 0.25) is 0 Å². The van der Waals surface area contributed by atoms with Crippen LogP contribution in [-0.2, 0) is 4.74 Å². The van der Waals surface area contributed by atoms with Crippen molar-refractivity contribution in [3.05, 3.63) is 27.8 Å². The largest absolute Gasteiger partial charge is 0.493 e. The molecular formula is C12H14N2O6. The number of hydrogen-bond acceptors (Lipinski definition) is 6. The topological polar surface area (TPSA) is 114 Å². The molecule has 1 fully saturated rings. The highest BCUT2D eigenvalue weighted by molar-refractivity contribution is 5.97. The Hall–Kier alpha value is -2.35. The van der Waals surface area contributed by atoms with E-state index in [2.05, 4.69) is 0 Å². The van der Waals surface area contributed by atoms with Gasteiger partial charge in [-0.15, -0.1) is 0 Å². The van der Waals surface area contributed by atoms with E-state index in [0.717, 1.165) is 6.07 Å². The first-order valence-corrected chi connectivity index (χ1v) is 5.93. The summed E-state index contributed by atoms with van der Waals surface area (Å²) in [5.41, 5.74) is 4.53. The molecule has 0 saturated carbocycles. The summed E-state index contributed by atoms with van der Waals surface area (Å²) in [6.45, 7) is 1.01. The van der Waals surface area contributed by atoms with Gasteiger partial charge in [0.1, 0.15) is 11.7 Å². The molecule has 0 bridgehead atoms. The summed E-state index contributed by atoms with van der Waals surface area (Å²) in [5.74, 6) is -0.483. The smallest absolute Gasteiger partial charge is 0.286 e. The third-order valence-corrected chi connectivity index (χ3v) is 2.93. The molecule has 8 heteroatoms. The Morgan fingerprint density at radius 1 is 1.50 bits per heavy atom. The molecule has 1 atom stereocenters. The van der Waals surface area contributed by atoms with Gasteiger partial charge in [-0.2, -0.15) is 0 Å². The van der Waals surface area contributed by atoms with Crippen LogP contribution in [0.2, 0.25) is 0 Å². The van der Waals surface area contributed by atoms with E-state index in [1.165, 1.54) is 13.2 Å². The van der Waals surface area contributed by atoms with Crippen LogP contribution >= 0.6 is 0 Å². The van der Waals surface area contributed by atoms with E-state index in [4.69, 9.17) is 19.9 Å². The van der Waals surface area contributed by atoms with Crippen molar-refractivity contribution in [2.45, 2.75) is 12.5 Å². The highest BCUT2D eigenvalue weighted by Gasteiger charge is 2.25. The number of methoxy groups -OCH3 is 1. The second kappa shape index (κ2) is 5.74. The van der Waals surface area contributed by atoms with Crippen molar-refractivity contribution < 1.29 is 23.9 Å². The highest BCUT2D eigenvalue weighted by Crippen LogP contribution is 2.35. The molecule has 0 radical (unpaired) electrons. The lowest BCUT2D eigenvalue weighted by atomic mass is 10.1. The lowest BCUT2D eigenvalue weighted by Crippen LogP contribution is -2.18. The summed E-state index contributed by atoms with van der Waals surface area (Å²) in [5, 5.41) is 10.9. The molecule has 0 spiro atoms. The first-order valence-electron chi connectivity index (χ1n) is 5.93. The van der Waals surface area contributed by atoms with Gasteiger partial charge in [0.05, 0.1) is 31.3 Å². The van der Waals surface area contributed by atoms with E-state index in [1.54, 1.807) is 0 Å². The van der Waals surface area contributed by atoms with Gasteiger partial charge in [0, 0.05) is 12.5 Å². The Bertz CT molecular complexity index is 539. The fourth-order valence-electron chi connectivity index (χ4n) is 1.93. The molecule has 1 aliphatic rings. The maximum Gasteiger partial charge on any atom is 0.286 e. The number of benzene rings is 1. The second-order valence-corrected chi connectivity index (χ2v) is 4.25. The fraction of sp³-hybridized carbons (Fsp3) is 0.417. The summed E-state index contributed by atoms with van der Waals surface area (Å²) in [6.07, 6.45) is 0.526. The molecule has 0 aliphatic carbocycles. The van der Waals surface area contributed by atoms with Crippen molar-refractivity contribution >= 4 is 11.6 Å². The van der Waals surface area contributed by atoms with Crippen LogP contribution in [0, 0.1) is 10.1 Å². The van der Waals surface area contributed by atoms with Crippen LogP contribution in [0.3, 0.4) is 0 Å². The van der Waals surface area contributed by atoms with Crippen molar-refractivity contribution in [1.82, 2.24) is 0 Å². The van der Waals surface area contributed by atoms with Gasteiger partial charge in [-0.1, -0.05) is 0 Å².